The van der Waals surface area contributed by atoms with Gasteiger partial charge in [-0.2, -0.15) is 9.78 Å². The second-order valence-electron chi connectivity index (χ2n) is 5.95. The van der Waals surface area contributed by atoms with Crippen LogP contribution in [-0.4, -0.2) is 31.4 Å². The van der Waals surface area contributed by atoms with Crippen LogP contribution in [0, 0.1) is 13.8 Å². The molecule has 7 nitrogen and oxygen atoms in total. The number of methoxy groups -OCH3 is 1. The molecule has 0 unspecified atom stereocenters. The van der Waals surface area contributed by atoms with E-state index in [0.29, 0.717) is 11.1 Å². The van der Waals surface area contributed by atoms with E-state index < -0.39 is 0 Å². The summed E-state index contributed by atoms with van der Waals surface area (Å²) in [5, 5.41) is 5.76. The Bertz CT molecular complexity index is 1160. The van der Waals surface area contributed by atoms with E-state index in [0.717, 1.165) is 28.2 Å². The Hall–Kier alpha value is -3.48. The van der Waals surface area contributed by atoms with Crippen LogP contribution in [0.4, 0.5) is 0 Å². The number of hydrogen-bond acceptors (Lipinski definition) is 5. The van der Waals surface area contributed by atoms with Gasteiger partial charge in [0, 0.05) is 28.5 Å². The van der Waals surface area contributed by atoms with Gasteiger partial charge >= 0.3 is 0 Å². The van der Waals surface area contributed by atoms with Crippen LogP contribution in [0.15, 0.2) is 54.0 Å². The molecule has 7 heteroatoms. The van der Waals surface area contributed by atoms with E-state index in [1.165, 1.54) is 11.0 Å². The fourth-order valence-electron chi connectivity index (χ4n) is 3.28. The Balaban J connectivity index is 2.00. The molecule has 0 bridgehead atoms. The van der Waals surface area contributed by atoms with Crippen LogP contribution >= 0.6 is 0 Å². The standard InChI is InChI=1S/C19H17N5O2/c1-12-17-10-22-24(15-8-20-11-21-9-15)19(25)18(17)13(2)23(12)14-5-4-6-16(7-14)26-3/h4-11H,1-3H3. The highest BCUT2D eigenvalue weighted by Crippen LogP contribution is 2.27. The minimum Gasteiger partial charge on any atom is -0.497 e. The Morgan fingerprint density at radius 2 is 1.77 bits per heavy atom. The summed E-state index contributed by atoms with van der Waals surface area (Å²) in [6.07, 6.45) is 6.26. The van der Waals surface area contributed by atoms with Gasteiger partial charge in [0.2, 0.25) is 0 Å². The maximum absolute atomic E-state index is 13.1. The molecule has 0 fully saturated rings. The molecule has 0 N–H and O–H groups in total. The fraction of sp³-hybridized carbons (Fsp3) is 0.158. The van der Waals surface area contributed by atoms with Crippen molar-refractivity contribution in [1.82, 2.24) is 24.3 Å². The van der Waals surface area contributed by atoms with Gasteiger partial charge in [-0.15, -0.1) is 0 Å². The molecule has 0 saturated carbocycles. The molecule has 0 spiro atoms. The van der Waals surface area contributed by atoms with Crippen molar-refractivity contribution >= 4 is 10.8 Å². The first-order chi connectivity index (χ1) is 12.6. The first-order valence-corrected chi connectivity index (χ1v) is 8.11. The third-order valence-electron chi connectivity index (χ3n) is 4.50. The van der Waals surface area contributed by atoms with Crippen molar-refractivity contribution in [2.75, 3.05) is 7.11 Å². The molecule has 3 aromatic heterocycles. The predicted molar refractivity (Wildman–Crippen MR) is 98.3 cm³/mol. The summed E-state index contributed by atoms with van der Waals surface area (Å²) in [5.74, 6) is 0.760. The third kappa shape index (κ3) is 2.36. The van der Waals surface area contributed by atoms with Gasteiger partial charge < -0.3 is 9.30 Å². The van der Waals surface area contributed by atoms with E-state index in [-0.39, 0.29) is 5.56 Å². The number of aromatic nitrogens is 5. The maximum Gasteiger partial charge on any atom is 0.281 e. The Morgan fingerprint density at radius 3 is 2.50 bits per heavy atom. The first-order valence-electron chi connectivity index (χ1n) is 8.11. The molecular formula is C19H17N5O2. The molecule has 0 aliphatic rings. The van der Waals surface area contributed by atoms with Crippen LogP contribution in [0.3, 0.4) is 0 Å². The third-order valence-corrected chi connectivity index (χ3v) is 4.50. The van der Waals surface area contributed by atoms with Gasteiger partial charge in [0.15, 0.2) is 0 Å². The van der Waals surface area contributed by atoms with Gasteiger partial charge in [-0.25, -0.2) is 9.97 Å². The summed E-state index contributed by atoms with van der Waals surface area (Å²) in [6, 6.07) is 7.74. The molecule has 0 aliphatic heterocycles. The number of ether oxygens (including phenoxy) is 1. The van der Waals surface area contributed by atoms with Crippen molar-refractivity contribution < 1.29 is 4.74 Å². The predicted octanol–water partition coefficient (Wildman–Crippen LogP) is 2.59. The maximum atomic E-state index is 13.1. The highest BCUT2D eigenvalue weighted by Gasteiger charge is 2.18. The minimum atomic E-state index is -0.195. The van der Waals surface area contributed by atoms with E-state index in [4.69, 9.17) is 4.74 Å². The molecular weight excluding hydrogens is 330 g/mol. The van der Waals surface area contributed by atoms with E-state index >= 15 is 0 Å². The molecule has 0 atom stereocenters. The van der Waals surface area contributed by atoms with Crippen molar-refractivity contribution in [3.05, 3.63) is 70.9 Å². The van der Waals surface area contributed by atoms with Gasteiger partial charge in [-0.1, -0.05) is 6.07 Å². The average Bonchev–Trinajstić information content (AvgIpc) is 2.94. The molecule has 0 aliphatic carbocycles. The number of fused-ring (bicyclic) bond motifs is 1. The smallest absolute Gasteiger partial charge is 0.281 e. The molecule has 0 saturated heterocycles. The lowest BCUT2D eigenvalue weighted by atomic mass is 10.2. The Labute approximate surface area is 149 Å². The SMILES string of the molecule is COc1cccc(-n2c(C)c3cnn(-c4cncnc4)c(=O)c3c2C)c1. The van der Waals surface area contributed by atoms with Crippen LogP contribution in [0.25, 0.3) is 22.1 Å². The van der Waals surface area contributed by atoms with Gasteiger partial charge in [0.1, 0.15) is 17.8 Å². The number of benzene rings is 1. The van der Waals surface area contributed by atoms with Crippen LogP contribution in [0.1, 0.15) is 11.4 Å². The summed E-state index contributed by atoms with van der Waals surface area (Å²) in [4.78, 5) is 21.0. The van der Waals surface area contributed by atoms with Gasteiger partial charge in [-0.3, -0.25) is 4.79 Å². The molecule has 1 aromatic carbocycles. The largest absolute Gasteiger partial charge is 0.497 e. The van der Waals surface area contributed by atoms with E-state index in [1.54, 1.807) is 25.7 Å². The zero-order valence-corrected chi connectivity index (χ0v) is 14.7. The van der Waals surface area contributed by atoms with Gasteiger partial charge in [0.25, 0.3) is 5.56 Å². The molecule has 0 radical (unpaired) electrons. The highest BCUT2D eigenvalue weighted by atomic mass is 16.5. The lowest BCUT2D eigenvalue weighted by Gasteiger charge is -2.10. The van der Waals surface area contributed by atoms with Crippen LogP contribution < -0.4 is 10.3 Å². The lowest BCUT2D eigenvalue weighted by Crippen LogP contribution is -2.21. The van der Waals surface area contributed by atoms with Crippen molar-refractivity contribution in [3.63, 3.8) is 0 Å². The van der Waals surface area contributed by atoms with Crippen molar-refractivity contribution in [1.29, 1.82) is 0 Å². The summed E-state index contributed by atoms with van der Waals surface area (Å²) < 4.78 is 8.69. The molecule has 0 amide bonds. The monoisotopic (exact) mass is 347 g/mol. The Kier molecular flexibility index (Phi) is 3.76. The minimum absolute atomic E-state index is 0.195. The van der Waals surface area contributed by atoms with Crippen LogP contribution in [0.2, 0.25) is 0 Å². The number of hydrogen-bond donors (Lipinski definition) is 0. The summed E-state index contributed by atoms with van der Waals surface area (Å²) in [5.41, 5.74) is 3.07. The summed E-state index contributed by atoms with van der Waals surface area (Å²) in [6.45, 7) is 3.91. The van der Waals surface area contributed by atoms with Crippen LogP contribution in [0.5, 0.6) is 5.75 Å². The van der Waals surface area contributed by atoms with Crippen molar-refractivity contribution in [2.24, 2.45) is 0 Å². The Morgan fingerprint density at radius 1 is 1.00 bits per heavy atom. The van der Waals surface area contributed by atoms with E-state index in [9.17, 15) is 4.79 Å². The molecule has 3 heterocycles. The van der Waals surface area contributed by atoms with Crippen molar-refractivity contribution in [3.8, 4) is 17.1 Å². The zero-order chi connectivity index (χ0) is 18.3. The van der Waals surface area contributed by atoms with E-state index in [1.807, 2.05) is 42.7 Å². The number of aryl methyl sites for hydroxylation is 2. The topological polar surface area (TPSA) is 74.8 Å². The fourth-order valence-corrected chi connectivity index (χ4v) is 3.28. The second-order valence-corrected chi connectivity index (χ2v) is 5.95. The van der Waals surface area contributed by atoms with Gasteiger partial charge in [-0.05, 0) is 26.0 Å². The quantitative estimate of drug-likeness (QED) is 0.569. The highest BCUT2D eigenvalue weighted by molar-refractivity contribution is 5.88. The molecule has 130 valence electrons. The normalized spacial score (nSPS) is 11.0. The molecule has 4 aromatic rings. The van der Waals surface area contributed by atoms with Crippen LogP contribution in [-0.2, 0) is 0 Å². The van der Waals surface area contributed by atoms with E-state index in [2.05, 4.69) is 15.1 Å². The zero-order valence-electron chi connectivity index (χ0n) is 14.7. The molecule has 26 heavy (non-hydrogen) atoms. The summed E-state index contributed by atoms with van der Waals surface area (Å²) >= 11 is 0. The lowest BCUT2D eigenvalue weighted by molar-refractivity contribution is 0.414. The second kappa shape index (κ2) is 6.11. The number of rotatable bonds is 3. The summed E-state index contributed by atoms with van der Waals surface area (Å²) in [7, 11) is 1.63. The average molecular weight is 347 g/mol. The van der Waals surface area contributed by atoms with Gasteiger partial charge in [0.05, 0.1) is 31.1 Å². The number of nitrogens with zero attached hydrogens (tertiary/aromatic N) is 5. The first kappa shape index (κ1) is 16.0. The molecule has 4 rings (SSSR count). The van der Waals surface area contributed by atoms with Crippen molar-refractivity contribution in [2.45, 2.75) is 13.8 Å².